The molecule has 2 aliphatic carbocycles. The van der Waals surface area contributed by atoms with Crippen LogP contribution in [0.15, 0.2) is 42.8 Å². The summed E-state index contributed by atoms with van der Waals surface area (Å²) in [4.78, 5) is 17.2. The summed E-state index contributed by atoms with van der Waals surface area (Å²) < 4.78 is 40.0. The van der Waals surface area contributed by atoms with E-state index in [0.717, 1.165) is 6.08 Å². The van der Waals surface area contributed by atoms with Gasteiger partial charge in [0.25, 0.3) is 5.91 Å². The lowest BCUT2D eigenvalue weighted by atomic mass is 9.72. The first-order valence-corrected chi connectivity index (χ1v) is 11.0. The van der Waals surface area contributed by atoms with Crippen LogP contribution in [-0.2, 0) is 5.41 Å². The average Bonchev–Trinajstić information content (AvgIpc) is 3.21. The molecular formula is C24H24F3N5O2. The second kappa shape index (κ2) is 9.06. The first-order valence-electron chi connectivity index (χ1n) is 11.0. The summed E-state index contributed by atoms with van der Waals surface area (Å²) in [6.07, 6.45) is 4.04. The molecule has 2 aromatic heterocycles. The zero-order valence-corrected chi connectivity index (χ0v) is 18.5. The van der Waals surface area contributed by atoms with Crippen LogP contribution in [0, 0.1) is 24.2 Å². The SMILES string of the molecule is Cc1c(C(=O)Nc2ccc([C@]3(C#N)CC[C@H](O)CC3)nc2)cnn1C1=CCC(C(F)(F)F)C=C1. The lowest BCUT2D eigenvalue weighted by Gasteiger charge is -2.32. The molecule has 2 aromatic rings. The second-order valence-corrected chi connectivity index (χ2v) is 8.74. The maximum Gasteiger partial charge on any atom is 0.395 e. The van der Waals surface area contributed by atoms with Crippen molar-refractivity contribution in [3.8, 4) is 6.07 Å². The number of aromatic nitrogens is 3. The molecule has 2 aliphatic rings. The van der Waals surface area contributed by atoms with Gasteiger partial charge in [-0.15, -0.1) is 0 Å². The van der Waals surface area contributed by atoms with Gasteiger partial charge in [-0.1, -0.05) is 12.2 Å². The zero-order valence-electron chi connectivity index (χ0n) is 18.5. The number of aliphatic hydroxyl groups is 1. The predicted molar refractivity (Wildman–Crippen MR) is 118 cm³/mol. The van der Waals surface area contributed by atoms with Crippen molar-refractivity contribution >= 4 is 17.3 Å². The summed E-state index contributed by atoms with van der Waals surface area (Å²) in [6.45, 7) is 1.67. The predicted octanol–water partition coefficient (Wildman–Crippen LogP) is 4.51. The van der Waals surface area contributed by atoms with Crippen molar-refractivity contribution in [2.45, 2.75) is 56.7 Å². The van der Waals surface area contributed by atoms with Crippen molar-refractivity contribution in [2.75, 3.05) is 5.32 Å². The summed E-state index contributed by atoms with van der Waals surface area (Å²) >= 11 is 0. The number of hydrogen-bond donors (Lipinski definition) is 2. The van der Waals surface area contributed by atoms with E-state index in [9.17, 15) is 28.3 Å². The van der Waals surface area contributed by atoms with Crippen molar-refractivity contribution in [1.82, 2.24) is 14.8 Å². The molecule has 34 heavy (non-hydrogen) atoms. The molecule has 0 saturated heterocycles. The molecule has 0 radical (unpaired) electrons. The highest BCUT2D eigenvalue weighted by molar-refractivity contribution is 6.05. The summed E-state index contributed by atoms with van der Waals surface area (Å²) in [5.74, 6) is -1.95. The maximum absolute atomic E-state index is 12.9. The molecule has 1 saturated carbocycles. The Kier molecular flexibility index (Phi) is 6.32. The van der Waals surface area contributed by atoms with Gasteiger partial charge in [-0.05, 0) is 57.2 Å². The van der Waals surface area contributed by atoms with Crippen LogP contribution in [0.2, 0.25) is 0 Å². The quantitative estimate of drug-likeness (QED) is 0.683. The normalized spacial score (nSPS) is 24.9. The summed E-state index contributed by atoms with van der Waals surface area (Å²) in [5, 5.41) is 26.4. The second-order valence-electron chi connectivity index (χ2n) is 8.74. The first kappa shape index (κ1) is 23.7. The molecule has 0 spiro atoms. The molecule has 1 unspecified atom stereocenters. The van der Waals surface area contributed by atoms with Crippen LogP contribution < -0.4 is 5.32 Å². The Morgan fingerprint density at radius 2 is 2.03 bits per heavy atom. The van der Waals surface area contributed by atoms with E-state index < -0.39 is 29.5 Å². The molecule has 1 atom stereocenters. The van der Waals surface area contributed by atoms with Crippen LogP contribution in [0.3, 0.4) is 0 Å². The highest BCUT2D eigenvalue weighted by atomic mass is 19.4. The van der Waals surface area contributed by atoms with Gasteiger partial charge in [-0.3, -0.25) is 9.78 Å². The molecule has 7 nitrogen and oxygen atoms in total. The fraction of sp³-hybridized carbons (Fsp3) is 0.417. The van der Waals surface area contributed by atoms with Gasteiger partial charge in [0.15, 0.2) is 0 Å². The van der Waals surface area contributed by atoms with E-state index in [0.29, 0.717) is 48.5 Å². The molecule has 1 fully saturated rings. The minimum atomic E-state index is -4.29. The Morgan fingerprint density at radius 3 is 2.59 bits per heavy atom. The smallest absolute Gasteiger partial charge is 0.393 e. The van der Waals surface area contributed by atoms with Gasteiger partial charge in [0.2, 0.25) is 0 Å². The number of hydrogen-bond acceptors (Lipinski definition) is 5. The van der Waals surface area contributed by atoms with Crippen LogP contribution in [0.4, 0.5) is 18.9 Å². The van der Waals surface area contributed by atoms with Crippen LogP contribution in [-0.4, -0.2) is 38.1 Å². The Balaban J connectivity index is 1.45. The monoisotopic (exact) mass is 471 g/mol. The molecule has 0 bridgehead atoms. The lowest BCUT2D eigenvalue weighted by Crippen LogP contribution is -2.33. The van der Waals surface area contributed by atoms with Gasteiger partial charge >= 0.3 is 6.18 Å². The summed E-state index contributed by atoms with van der Waals surface area (Å²) in [6, 6.07) is 5.73. The van der Waals surface area contributed by atoms with Gasteiger partial charge in [-0.25, -0.2) is 4.68 Å². The van der Waals surface area contributed by atoms with Crippen molar-refractivity contribution < 1.29 is 23.1 Å². The maximum atomic E-state index is 12.9. The highest BCUT2D eigenvalue weighted by Gasteiger charge is 2.39. The minimum absolute atomic E-state index is 0.183. The summed E-state index contributed by atoms with van der Waals surface area (Å²) in [7, 11) is 0. The molecule has 1 amide bonds. The molecule has 4 rings (SSSR count). The number of nitrogens with zero attached hydrogens (tertiary/aromatic N) is 4. The molecule has 2 heterocycles. The number of amides is 1. The Hall–Kier alpha value is -3.45. The van der Waals surface area contributed by atoms with Crippen LogP contribution in [0.25, 0.3) is 5.70 Å². The number of pyridine rings is 1. The number of nitriles is 1. The van der Waals surface area contributed by atoms with Crippen molar-refractivity contribution in [3.63, 3.8) is 0 Å². The lowest BCUT2D eigenvalue weighted by molar-refractivity contribution is -0.160. The van der Waals surface area contributed by atoms with Crippen molar-refractivity contribution in [3.05, 3.63) is 59.7 Å². The number of carbonyl (C=O) groups is 1. The fourth-order valence-corrected chi connectivity index (χ4v) is 4.37. The van der Waals surface area contributed by atoms with E-state index in [1.54, 1.807) is 19.1 Å². The van der Waals surface area contributed by atoms with Gasteiger partial charge < -0.3 is 10.4 Å². The molecule has 178 valence electrons. The fourth-order valence-electron chi connectivity index (χ4n) is 4.37. The third-order valence-corrected chi connectivity index (χ3v) is 6.53. The van der Waals surface area contributed by atoms with E-state index >= 15 is 0 Å². The number of rotatable bonds is 4. The topological polar surface area (TPSA) is 104 Å². The Labute approximate surface area is 194 Å². The van der Waals surface area contributed by atoms with E-state index in [1.807, 2.05) is 0 Å². The first-order chi connectivity index (χ1) is 16.1. The number of carbonyl (C=O) groups excluding carboxylic acids is 1. The third kappa shape index (κ3) is 4.61. The van der Waals surface area contributed by atoms with Gasteiger partial charge in [-0.2, -0.15) is 23.5 Å². The minimum Gasteiger partial charge on any atom is -0.393 e. The third-order valence-electron chi connectivity index (χ3n) is 6.53. The van der Waals surface area contributed by atoms with Gasteiger partial charge in [0, 0.05) is 0 Å². The van der Waals surface area contributed by atoms with Crippen molar-refractivity contribution in [1.29, 1.82) is 5.26 Å². The largest absolute Gasteiger partial charge is 0.395 e. The number of allylic oxidation sites excluding steroid dienone is 4. The molecule has 10 heteroatoms. The summed E-state index contributed by atoms with van der Waals surface area (Å²) in [5.41, 5.74) is 1.55. The zero-order chi connectivity index (χ0) is 24.5. The Morgan fingerprint density at radius 1 is 1.29 bits per heavy atom. The highest BCUT2D eigenvalue weighted by Crippen LogP contribution is 2.38. The molecular weight excluding hydrogens is 447 g/mol. The molecule has 0 aliphatic heterocycles. The number of anilines is 1. The molecule has 0 aromatic carbocycles. The van der Waals surface area contributed by atoms with Crippen LogP contribution >= 0.6 is 0 Å². The van der Waals surface area contributed by atoms with Gasteiger partial charge in [0.05, 0.1) is 64.2 Å². The van der Waals surface area contributed by atoms with Gasteiger partial charge in [0.1, 0.15) is 0 Å². The number of nitrogens with one attached hydrogen (secondary N) is 1. The van der Waals surface area contributed by atoms with E-state index in [2.05, 4.69) is 21.5 Å². The van der Waals surface area contributed by atoms with Crippen molar-refractivity contribution in [2.24, 2.45) is 5.92 Å². The number of alkyl halides is 3. The van der Waals surface area contributed by atoms with E-state index in [4.69, 9.17) is 0 Å². The Bertz CT molecular complexity index is 1170. The number of halogens is 3. The number of aliphatic hydroxyl groups excluding tert-OH is 1. The standard InChI is InChI=1S/C24H24F3N5O2/c1-15-20(13-30-32(15)18-5-2-16(3-6-18)24(25,26)27)22(34)31-17-4-7-21(29-12-17)23(14-28)10-8-19(33)9-11-23/h2,4-7,12-13,16,19,33H,3,8-11H2,1H3,(H,31,34)/t16?,19-,23+. The average molecular weight is 471 g/mol. The van der Waals surface area contributed by atoms with Crippen LogP contribution in [0.5, 0.6) is 0 Å². The van der Waals surface area contributed by atoms with Crippen LogP contribution in [0.1, 0.15) is 53.8 Å². The van der Waals surface area contributed by atoms with E-state index in [-0.39, 0.29) is 12.0 Å². The van der Waals surface area contributed by atoms with E-state index in [1.165, 1.54) is 29.2 Å². The molecule has 2 N–H and O–H groups in total.